The number of likely N-dealkylation sites (tertiary alicyclic amines) is 1. The van der Waals surface area contributed by atoms with Gasteiger partial charge in [0.15, 0.2) is 11.6 Å². The van der Waals surface area contributed by atoms with Crippen molar-refractivity contribution in [2.75, 3.05) is 25.5 Å². The highest BCUT2D eigenvalue weighted by Crippen LogP contribution is 2.31. The highest BCUT2D eigenvalue weighted by atomic mass is 19.1. The maximum atomic E-state index is 13.7. The molecule has 0 spiro atoms. The van der Waals surface area contributed by atoms with E-state index < -0.39 is 5.82 Å². The largest absolute Gasteiger partial charge is 0.508 e. The topological polar surface area (TPSA) is 92.0 Å². The first-order valence-electron chi connectivity index (χ1n) is 12.1. The third-order valence-corrected chi connectivity index (χ3v) is 6.90. The van der Waals surface area contributed by atoms with E-state index in [9.17, 15) is 19.1 Å². The number of aromatic hydroxyl groups is 1. The molecule has 0 saturated carbocycles. The maximum absolute atomic E-state index is 13.7. The summed E-state index contributed by atoms with van der Waals surface area (Å²) in [6, 6.07) is 16.6. The average molecular weight is 503 g/mol. The molecule has 1 aliphatic heterocycles. The molecular formula is C29H27FN2O5. The molecule has 37 heavy (non-hydrogen) atoms. The smallest absolute Gasteiger partial charge is 0.259 e. The SMILES string of the molecule is COc1cc(C(=O)N2CCC(c3ccc(NC(=O)c4c(C)oc5cc(O)ccc45)cc3)CC2)ccc1F. The van der Waals surface area contributed by atoms with Crippen molar-refractivity contribution in [1.29, 1.82) is 0 Å². The Balaban J connectivity index is 1.21. The number of hydrogen-bond acceptors (Lipinski definition) is 5. The molecule has 2 N–H and O–H groups in total. The standard InChI is InChI=1S/C29H27FN2O5/c1-17-27(23-9-8-22(33)16-25(23)37-17)28(34)31-21-6-3-18(4-7-21)19-11-13-32(14-12-19)29(35)20-5-10-24(30)26(15-20)36-2/h3-10,15-16,19,33H,11-14H2,1-2H3,(H,31,34). The molecule has 0 unspecified atom stereocenters. The number of fused-ring (bicyclic) bond motifs is 1. The van der Waals surface area contributed by atoms with Crippen LogP contribution in [-0.4, -0.2) is 42.0 Å². The molecule has 1 aliphatic rings. The number of ether oxygens (including phenoxy) is 1. The van der Waals surface area contributed by atoms with Gasteiger partial charge in [0, 0.05) is 35.8 Å². The van der Waals surface area contributed by atoms with Crippen LogP contribution >= 0.6 is 0 Å². The van der Waals surface area contributed by atoms with Crippen LogP contribution < -0.4 is 10.1 Å². The Morgan fingerprint density at radius 2 is 1.78 bits per heavy atom. The molecule has 1 aromatic heterocycles. The second kappa shape index (κ2) is 9.97. The number of rotatable bonds is 5. The minimum Gasteiger partial charge on any atom is -0.508 e. The third kappa shape index (κ3) is 4.87. The fourth-order valence-electron chi connectivity index (χ4n) is 4.91. The number of phenols is 1. The molecule has 1 saturated heterocycles. The molecule has 7 nitrogen and oxygen atoms in total. The zero-order chi connectivity index (χ0) is 26.1. The van der Waals surface area contributed by atoms with E-state index in [0.717, 1.165) is 18.4 Å². The molecule has 1 fully saturated rings. The van der Waals surface area contributed by atoms with Crippen LogP contribution in [0.2, 0.25) is 0 Å². The van der Waals surface area contributed by atoms with Gasteiger partial charge in [-0.1, -0.05) is 12.1 Å². The van der Waals surface area contributed by atoms with E-state index in [-0.39, 0.29) is 23.3 Å². The number of halogens is 1. The summed E-state index contributed by atoms with van der Waals surface area (Å²) >= 11 is 0. The number of amides is 2. The lowest BCUT2D eigenvalue weighted by Crippen LogP contribution is -2.37. The van der Waals surface area contributed by atoms with Crippen molar-refractivity contribution in [3.8, 4) is 11.5 Å². The number of furan rings is 1. The Kier molecular flexibility index (Phi) is 6.56. The Labute approximate surface area is 213 Å². The first-order chi connectivity index (χ1) is 17.8. The predicted molar refractivity (Wildman–Crippen MR) is 138 cm³/mol. The number of aryl methyl sites for hydroxylation is 1. The first kappa shape index (κ1) is 24.4. The van der Waals surface area contributed by atoms with Crippen LogP contribution in [0.5, 0.6) is 11.5 Å². The summed E-state index contributed by atoms with van der Waals surface area (Å²) in [6.07, 6.45) is 1.62. The van der Waals surface area contributed by atoms with Gasteiger partial charge in [0.05, 0.1) is 12.7 Å². The second-order valence-corrected chi connectivity index (χ2v) is 9.21. The van der Waals surface area contributed by atoms with Crippen molar-refractivity contribution >= 4 is 28.5 Å². The number of piperidine rings is 1. The van der Waals surface area contributed by atoms with Crippen LogP contribution in [0, 0.1) is 12.7 Å². The highest BCUT2D eigenvalue weighted by Gasteiger charge is 2.25. The Bertz CT molecular complexity index is 1470. The molecule has 0 radical (unpaired) electrons. The minimum atomic E-state index is -0.495. The predicted octanol–water partition coefficient (Wildman–Crippen LogP) is 5.87. The second-order valence-electron chi connectivity index (χ2n) is 9.21. The maximum Gasteiger partial charge on any atom is 0.259 e. The fourth-order valence-corrected chi connectivity index (χ4v) is 4.91. The van der Waals surface area contributed by atoms with Crippen LogP contribution in [0.25, 0.3) is 11.0 Å². The lowest BCUT2D eigenvalue weighted by atomic mass is 9.89. The number of nitrogens with zero attached hydrogens (tertiary/aromatic N) is 1. The van der Waals surface area contributed by atoms with Gasteiger partial charge in [0.1, 0.15) is 17.1 Å². The van der Waals surface area contributed by atoms with E-state index in [4.69, 9.17) is 9.15 Å². The summed E-state index contributed by atoms with van der Waals surface area (Å²) in [7, 11) is 1.38. The molecule has 5 rings (SSSR count). The van der Waals surface area contributed by atoms with Crippen molar-refractivity contribution in [3.63, 3.8) is 0 Å². The van der Waals surface area contributed by atoms with E-state index in [1.807, 2.05) is 24.3 Å². The number of methoxy groups -OCH3 is 1. The molecule has 4 aromatic rings. The molecule has 0 bridgehead atoms. The van der Waals surface area contributed by atoms with Crippen molar-refractivity contribution in [3.05, 3.63) is 88.9 Å². The number of phenolic OH excluding ortho intramolecular Hbond substituents is 1. The summed E-state index contributed by atoms with van der Waals surface area (Å²) in [5.74, 6) is 0.00868. The normalized spacial score (nSPS) is 14.1. The number of anilines is 1. The van der Waals surface area contributed by atoms with E-state index >= 15 is 0 Å². The lowest BCUT2D eigenvalue weighted by Gasteiger charge is -2.32. The monoisotopic (exact) mass is 502 g/mol. The fraction of sp³-hybridized carbons (Fsp3) is 0.241. The average Bonchev–Trinajstić information content (AvgIpc) is 3.24. The van der Waals surface area contributed by atoms with E-state index in [1.165, 1.54) is 37.4 Å². The Morgan fingerprint density at radius 1 is 1.05 bits per heavy atom. The summed E-state index contributed by atoms with van der Waals surface area (Å²) < 4.78 is 24.3. The van der Waals surface area contributed by atoms with E-state index in [0.29, 0.717) is 52.6 Å². The molecule has 190 valence electrons. The summed E-state index contributed by atoms with van der Waals surface area (Å²) in [6.45, 7) is 2.92. The third-order valence-electron chi connectivity index (χ3n) is 6.90. The van der Waals surface area contributed by atoms with Crippen LogP contribution in [0.15, 0.2) is 65.1 Å². The number of carbonyl (C=O) groups excluding carboxylic acids is 2. The van der Waals surface area contributed by atoms with Gasteiger partial charge in [-0.3, -0.25) is 9.59 Å². The molecule has 2 amide bonds. The quantitative estimate of drug-likeness (QED) is 0.356. The Hall–Kier alpha value is -4.33. The summed E-state index contributed by atoms with van der Waals surface area (Å²) in [4.78, 5) is 27.6. The highest BCUT2D eigenvalue weighted by molar-refractivity contribution is 6.13. The number of benzene rings is 3. The van der Waals surface area contributed by atoms with Gasteiger partial charge in [-0.2, -0.15) is 0 Å². The van der Waals surface area contributed by atoms with Gasteiger partial charge in [0.2, 0.25) is 0 Å². The van der Waals surface area contributed by atoms with E-state index in [2.05, 4.69) is 5.32 Å². The molecule has 8 heteroatoms. The van der Waals surface area contributed by atoms with Crippen LogP contribution in [0.4, 0.5) is 10.1 Å². The molecular weight excluding hydrogens is 475 g/mol. The first-order valence-corrected chi connectivity index (χ1v) is 12.1. The molecule has 0 aliphatic carbocycles. The lowest BCUT2D eigenvalue weighted by molar-refractivity contribution is 0.0712. The van der Waals surface area contributed by atoms with Gasteiger partial charge < -0.3 is 24.5 Å². The van der Waals surface area contributed by atoms with Crippen LogP contribution in [-0.2, 0) is 0 Å². The zero-order valence-electron chi connectivity index (χ0n) is 20.6. The van der Waals surface area contributed by atoms with Crippen molar-refractivity contribution in [2.24, 2.45) is 0 Å². The molecule has 3 aromatic carbocycles. The minimum absolute atomic E-state index is 0.0586. The molecule has 0 atom stereocenters. The summed E-state index contributed by atoms with van der Waals surface area (Å²) in [5, 5.41) is 13.2. The number of carbonyl (C=O) groups is 2. The zero-order valence-corrected chi connectivity index (χ0v) is 20.6. The van der Waals surface area contributed by atoms with Gasteiger partial charge >= 0.3 is 0 Å². The number of nitrogens with one attached hydrogen (secondary N) is 1. The van der Waals surface area contributed by atoms with Crippen LogP contribution in [0.1, 0.15) is 50.8 Å². The van der Waals surface area contributed by atoms with Crippen molar-refractivity contribution < 1.29 is 28.2 Å². The Morgan fingerprint density at radius 3 is 2.49 bits per heavy atom. The van der Waals surface area contributed by atoms with E-state index in [1.54, 1.807) is 17.9 Å². The van der Waals surface area contributed by atoms with Crippen LogP contribution in [0.3, 0.4) is 0 Å². The van der Waals surface area contributed by atoms with Crippen molar-refractivity contribution in [1.82, 2.24) is 4.90 Å². The number of hydrogen-bond donors (Lipinski definition) is 2. The van der Waals surface area contributed by atoms with Gasteiger partial charge in [-0.25, -0.2) is 4.39 Å². The van der Waals surface area contributed by atoms with Gasteiger partial charge in [-0.05, 0) is 73.7 Å². The van der Waals surface area contributed by atoms with Gasteiger partial charge in [-0.15, -0.1) is 0 Å². The summed E-state index contributed by atoms with van der Waals surface area (Å²) in [5.41, 5.74) is 3.12. The van der Waals surface area contributed by atoms with Crippen molar-refractivity contribution in [2.45, 2.75) is 25.7 Å². The molecule has 2 heterocycles. The van der Waals surface area contributed by atoms with Gasteiger partial charge in [0.25, 0.3) is 11.8 Å².